The lowest BCUT2D eigenvalue weighted by Crippen LogP contribution is -2.19. The highest BCUT2D eigenvalue weighted by Gasteiger charge is 2.27. The van der Waals surface area contributed by atoms with Crippen LogP contribution in [0.3, 0.4) is 0 Å². The predicted molar refractivity (Wildman–Crippen MR) is 92.9 cm³/mol. The molecule has 0 radical (unpaired) electrons. The van der Waals surface area contributed by atoms with Gasteiger partial charge in [0.1, 0.15) is 17.4 Å². The minimum absolute atomic E-state index is 0.218. The van der Waals surface area contributed by atoms with Crippen LogP contribution in [-0.2, 0) is 4.79 Å². The first kappa shape index (κ1) is 17.9. The van der Waals surface area contributed by atoms with Gasteiger partial charge in [0.15, 0.2) is 0 Å². The second-order valence-corrected chi connectivity index (χ2v) is 6.31. The average molecular weight is 332 g/mol. The molecule has 0 saturated heterocycles. The standard InChI is InChI=1S/C19H22F2N2O/c1-9-5-15(20)13(7-17(9)22)11(3)19(24)12(4)14-8-18(23)10(2)6-16(14)21/h5-8,11-12H,22-23H2,1-4H3. The van der Waals surface area contributed by atoms with Crippen molar-refractivity contribution in [1.29, 1.82) is 0 Å². The van der Waals surface area contributed by atoms with Crippen molar-refractivity contribution in [2.75, 3.05) is 11.5 Å². The van der Waals surface area contributed by atoms with Crippen molar-refractivity contribution < 1.29 is 13.6 Å². The fraction of sp³-hybridized carbons (Fsp3) is 0.316. The van der Waals surface area contributed by atoms with Gasteiger partial charge in [0, 0.05) is 34.3 Å². The van der Waals surface area contributed by atoms with Crippen molar-refractivity contribution in [1.82, 2.24) is 0 Å². The van der Waals surface area contributed by atoms with Gasteiger partial charge in [-0.25, -0.2) is 8.78 Å². The van der Waals surface area contributed by atoms with Crippen LogP contribution in [-0.4, -0.2) is 5.78 Å². The van der Waals surface area contributed by atoms with Crippen LogP contribution in [0.2, 0.25) is 0 Å². The Morgan fingerprint density at radius 2 is 1.17 bits per heavy atom. The molecule has 2 aromatic carbocycles. The molecule has 2 atom stereocenters. The Bertz CT molecular complexity index is 737. The van der Waals surface area contributed by atoms with E-state index in [1.165, 1.54) is 24.3 Å². The highest BCUT2D eigenvalue weighted by Crippen LogP contribution is 2.32. The van der Waals surface area contributed by atoms with Crippen molar-refractivity contribution >= 4 is 17.2 Å². The van der Waals surface area contributed by atoms with Crippen molar-refractivity contribution in [3.63, 3.8) is 0 Å². The maximum atomic E-state index is 14.2. The summed E-state index contributed by atoms with van der Waals surface area (Å²) >= 11 is 0. The lowest BCUT2D eigenvalue weighted by atomic mass is 9.84. The topological polar surface area (TPSA) is 69.1 Å². The Balaban J connectivity index is 2.38. The quantitative estimate of drug-likeness (QED) is 0.824. The smallest absolute Gasteiger partial charge is 0.147 e. The summed E-state index contributed by atoms with van der Waals surface area (Å²) in [6.45, 7) is 6.59. The molecule has 2 aromatic rings. The molecule has 0 aromatic heterocycles. The molecule has 0 aliphatic heterocycles. The van der Waals surface area contributed by atoms with E-state index < -0.39 is 23.5 Å². The normalized spacial score (nSPS) is 13.6. The molecule has 2 unspecified atom stereocenters. The lowest BCUT2D eigenvalue weighted by molar-refractivity contribution is -0.121. The van der Waals surface area contributed by atoms with Gasteiger partial charge in [-0.3, -0.25) is 4.79 Å². The van der Waals surface area contributed by atoms with Gasteiger partial charge in [-0.2, -0.15) is 0 Å². The summed E-state index contributed by atoms with van der Waals surface area (Å²) in [6.07, 6.45) is 0. The Hall–Kier alpha value is -2.43. The summed E-state index contributed by atoms with van der Waals surface area (Å²) in [5.41, 5.74) is 14.1. The van der Waals surface area contributed by atoms with Gasteiger partial charge in [0.2, 0.25) is 0 Å². The molecule has 0 bridgehead atoms. The van der Waals surface area contributed by atoms with E-state index in [4.69, 9.17) is 11.5 Å². The second kappa shape index (κ2) is 6.59. The molecule has 0 amide bonds. The summed E-state index contributed by atoms with van der Waals surface area (Å²) in [5.74, 6) is -2.76. The average Bonchev–Trinajstić information content (AvgIpc) is 2.52. The monoisotopic (exact) mass is 332 g/mol. The van der Waals surface area contributed by atoms with E-state index >= 15 is 0 Å². The third kappa shape index (κ3) is 3.25. The van der Waals surface area contributed by atoms with E-state index in [9.17, 15) is 13.6 Å². The number of nitrogen functional groups attached to an aromatic ring is 2. The number of hydrogen-bond donors (Lipinski definition) is 2. The molecule has 0 saturated carbocycles. The van der Waals surface area contributed by atoms with E-state index in [0.29, 0.717) is 22.5 Å². The summed E-state index contributed by atoms with van der Waals surface area (Å²) in [7, 11) is 0. The van der Waals surface area contributed by atoms with Gasteiger partial charge in [-0.15, -0.1) is 0 Å². The Morgan fingerprint density at radius 3 is 1.50 bits per heavy atom. The number of carbonyl (C=O) groups is 1. The summed E-state index contributed by atoms with van der Waals surface area (Å²) in [5, 5.41) is 0. The number of benzene rings is 2. The molecule has 4 N–H and O–H groups in total. The van der Waals surface area contributed by atoms with E-state index in [-0.39, 0.29) is 16.9 Å². The zero-order chi connectivity index (χ0) is 18.2. The van der Waals surface area contributed by atoms with Crippen LogP contribution < -0.4 is 11.5 Å². The maximum absolute atomic E-state index is 14.2. The molecule has 5 heteroatoms. The minimum atomic E-state index is -0.746. The summed E-state index contributed by atoms with van der Waals surface area (Å²) in [6, 6.07) is 5.56. The van der Waals surface area contributed by atoms with E-state index in [1.54, 1.807) is 27.7 Å². The zero-order valence-electron chi connectivity index (χ0n) is 14.3. The van der Waals surface area contributed by atoms with Crippen molar-refractivity contribution in [3.8, 4) is 0 Å². The summed E-state index contributed by atoms with van der Waals surface area (Å²) < 4.78 is 28.4. The molecular weight excluding hydrogens is 310 g/mol. The number of aryl methyl sites for hydroxylation is 2. The van der Waals surface area contributed by atoms with Gasteiger partial charge in [0.05, 0.1) is 0 Å². The minimum Gasteiger partial charge on any atom is -0.399 e. The van der Waals surface area contributed by atoms with Crippen LogP contribution in [0.15, 0.2) is 24.3 Å². The number of carbonyl (C=O) groups excluding carboxylic acids is 1. The molecule has 2 rings (SSSR count). The van der Waals surface area contributed by atoms with E-state index in [2.05, 4.69) is 0 Å². The first-order valence-corrected chi connectivity index (χ1v) is 7.78. The van der Waals surface area contributed by atoms with Crippen LogP contribution in [0.1, 0.15) is 47.9 Å². The van der Waals surface area contributed by atoms with E-state index in [0.717, 1.165) is 0 Å². The van der Waals surface area contributed by atoms with Gasteiger partial charge >= 0.3 is 0 Å². The van der Waals surface area contributed by atoms with Crippen molar-refractivity contribution in [3.05, 3.63) is 58.2 Å². The molecule has 128 valence electrons. The number of halogens is 2. The number of rotatable bonds is 4. The molecular formula is C19H22F2N2O. The molecule has 24 heavy (non-hydrogen) atoms. The number of anilines is 2. The third-order valence-electron chi connectivity index (χ3n) is 4.56. The van der Waals surface area contributed by atoms with Crippen molar-refractivity contribution in [2.24, 2.45) is 0 Å². The number of nitrogens with two attached hydrogens (primary N) is 2. The number of Topliss-reactive ketones (excluding diaryl/α,β-unsaturated/α-hetero) is 1. The Morgan fingerprint density at radius 1 is 0.833 bits per heavy atom. The highest BCUT2D eigenvalue weighted by atomic mass is 19.1. The van der Waals surface area contributed by atoms with Gasteiger partial charge < -0.3 is 11.5 Å². The van der Waals surface area contributed by atoms with Gasteiger partial charge in [0.25, 0.3) is 0 Å². The van der Waals surface area contributed by atoms with Crippen LogP contribution in [0.5, 0.6) is 0 Å². The van der Waals surface area contributed by atoms with Gasteiger partial charge in [-0.1, -0.05) is 13.8 Å². The first-order chi connectivity index (χ1) is 11.1. The predicted octanol–water partition coefficient (Wildman–Crippen LogP) is 4.22. The fourth-order valence-corrected chi connectivity index (χ4v) is 2.76. The maximum Gasteiger partial charge on any atom is 0.147 e. The SMILES string of the molecule is Cc1cc(F)c(C(C)C(=O)C(C)c2cc(N)c(C)cc2F)cc1N. The van der Waals surface area contributed by atoms with E-state index in [1.807, 2.05) is 0 Å². The van der Waals surface area contributed by atoms with Gasteiger partial charge in [-0.05, 0) is 49.2 Å². The van der Waals surface area contributed by atoms with Crippen LogP contribution in [0.4, 0.5) is 20.2 Å². The lowest BCUT2D eigenvalue weighted by Gasteiger charge is -2.19. The second-order valence-electron chi connectivity index (χ2n) is 6.31. The highest BCUT2D eigenvalue weighted by molar-refractivity contribution is 5.91. The van der Waals surface area contributed by atoms with Crippen molar-refractivity contribution in [2.45, 2.75) is 39.5 Å². The Labute approximate surface area is 140 Å². The number of ketones is 1. The molecule has 3 nitrogen and oxygen atoms in total. The molecule has 0 heterocycles. The molecule has 0 aliphatic carbocycles. The molecule has 0 spiro atoms. The molecule has 0 fully saturated rings. The van der Waals surface area contributed by atoms with Crippen LogP contribution >= 0.6 is 0 Å². The van der Waals surface area contributed by atoms with Crippen LogP contribution in [0.25, 0.3) is 0 Å². The Kier molecular flexibility index (Phi) is 4.92. The largest absolute Gasteiger partial charge is 0.399 e. The van der Waals surface area contributed by atoms with Crippen LogP contribution in [0, 0.1) is 25.5 Å². The first-order valence-electron chi connectivity index (χ1n) is 7.78. The summed E-state index contributed by atoms with van der Waals surface area (Å²) in [4.78, 5) is 12.7. The number of hydrogen-bond acceptors (Lipinski definition) is 3. The zero-order valence-corrected chi connectivity index (χ0v) is 14.3. The molecule has 0 aliphatic rings. The third-order valence-corrected chi connectivity index (χ3v) is 4.56. The fourth-order valence-electron chi connectivity index (χ4n) is 2.76.